The Morgan fingerprint density at radius 3 is 2.88 bits per heavy atom. The van der Waals surface area contributed by atoms with Crippen LogP contribution < -0.4 is 0 Å². The summed E-state index contributed by atoms with van der Waals surface area (Å²) in [5.41, 5.74) is 0.976. The summed E-state index contributed by atoms with van der Waals surface area (Å²) in [5, 5.41) is 13.1. The van der Waals surface area contributed by atoms with E-state index in [9.17, 15) is 4.79 Å². The molecule has 1 aromatic heterocycles. The van der Waals surface area contributed by atoms with E-state index in [1.165, 1.54) is 18.5 Å². The first-order chi connectivity index (χ1) is 7.66. The standard InChI is InChI=1S/C10H8ClN3O2/c11-9-3-7(10(15)16)1-2-8(9)4-14-6-12-5-13-14/h1-3,5-6H,4H2,(H,15,16). The maximum Gasteiger partial charge on any atom is 0.335 e. The largest absolute Gasteiger partial charge is 0.478 e. The monoisotopic (exact) mass is 237 g/mol. The van der Waals surface area contributed by atoms with Crippen LogP contribution in [0.1, 0.15) is 15.9 Å². The first kappa shape index (κ1) is 10.6. The Kier molecular flexibility index (Phi) is 2.87. The molecule has 0 saturated carbocycles. The third-order valence-corrected chi connectivity index (χ3v) is 2.45. The van der Waals surface area contributed by atoms with Crippen molar-refractivity contribution in [2.75, 3.05) is 0 Å². The average molecular weight is 238 g/mol. The quantitative estimate of drug-likeness (QED) is 0.882. The van der Waals surface area contributed by atoms with E-state index in [-0.39, 0.29) is 5.56 Å². The van der Waals surface area contributed by atoms with Gasteiger partial charge in [0.2, 0.25) is 0 Å². The number of hydrogen-bond donors (Lipinski definition) is 1. The van der Waals surface area contributed by atoms with Crippen LogP contribution in [0.25, 0.3) is 0 Å². The highest BCUT2D eigenvalue weighted by Gasteiger charge is 2.07. The third-order valence-electron chi connectivity index (χ3n) is 2.10. The number of halogens is 1. The van der Waals surface area contributed by atoms with Gasteiger partial charge < -0.3 is 5.11 Å². The van der Waals surface area contributed by atoms with Gasteiger partial charge in [-0.1, -0.05) is 17.7 Å². The molecule has 1 aromatic carbocycles. The van der Waals surface area contributed by atoms with E-state index in [1.807, 2.05) is 0 Å². The van der Waals surface area contributed by atoms with Gasteiger partial charge in [-0.05, 0) is 17.7 Å². The van der Waals surface area contributed by atoms with Crippen LogP contribution in [0.15, 0.2) is 30.9 Å². The van der Waals surface area contributed by atoms with Crippen molar-refractivity contribution in [3.63, 3.8) is 0 Å². The predicted octanol–water partition coefficient (Wildman–Crippen LogP) is 1.68. The Bertz CT molecular complexity index is 511. The minimum Gasteiger partial charge on any atom is -0.478 e. The van der Waals surface area contributed by atoms with Gasteiger partial charge in [0.1, 0.15) is 12.7 Å². The van der Waals surface area contributed by atoms with Crippen LogP contribution in [-0.4, -0.2) is 25.8 Å². The van der Waals surface area contributed by atoms with E-state index in [4.69, 9.17) is 16.7 Å². The fraction of sp³-hybridized carbons (Fsp3) is 0.100. The molecule has 5 nitrogen and oxygen atoms in total. The van der Waals surface area contributed by atoms with E-state index in [0.29, 0.717) is 11.6 Å². The van der Waals surface area contributed by atoms with Gasteiger partial charge in [-0.15, -0.1) is 0 Å². The zero-order valence-electron chi connectivity index (χ0n) is 8.17. The Morgan fingerprint density at radius 1 is 1.50 bits per heavy atom. The first-order valence-corrected chi connectivity index (χ1v) is 4.89. The SMILES string of the molecule is O=C(O)c1ccc(Cn2cncn2)c(Cl)c1. The molecule has 16 heavy (non-hydrogen) atoms. The van der Waals surface area contributed by atoms with Crippen LogP contribution in [-0.2, 0) is 6.54 Å². The Labute approximate surface area is 96.3 Å². The molecule has 82 valence electrons. The third kappa shape index (κ3) is 2.20. The molecule has 0 aliphatic rings. The highest BCUT2D eigenvalue weighted by atomic mass is 35.5. The van der Waals surface area contributed by atoms with Gasteiger partial charge in [-0.25, -0.2) is 14.5 Å². The summed E-state index contributed by atoms with van der Waals surface area (Å²) in [6, 6.07) is 4.62. The normalized spacial score (nSPS) is 10.3. The van der Waals surface area contributed by atoms with Gasteiger partial charge in [0.05, 0.1) is 12.1 Å². The van der Waals surface area contributed by atoms with Crippen molar-refractivity contribution in [2.45, 2.75) is 6.54 Å². The molecule has 0 unspecified atom stereocenters. The van der Waals surface area contributed by atoms with Crippen molar-refractivity contribution >= 4 is 17.6 Å². The molecule has 0 radical (unpaired) electrons. The lowest BCUT2D eigenvalue weighted by Crippen LogP contribution is -2.02. The number of nitrogens with zero attached hydrogens (tertiary/aromatic N) is 3. The summed E-state index contributed by atoms with van der Waals surface area (Å²) in [5.74, 6) is -0.991. The fourth-order valence-electron chi connectivity index (χ4n) is 1.30. The number of hydrogen-bond acceptors (Lipinski definition) is 3. The maximum atomic E-state index is 10.7. The molecule has 1 heterocycles. The molecule has 1 N–H and O–H groups in total. The zero-order chi connectivity index (χ0) is 11.5. The molecular weight excluding hydrogens is 230 g/mol. The second-order valence-corrected chi connectivity index (χ2v) is 3.61. The van der Waals surface area contributed by atoms with Crippen molar-refractivity contribution in [2.24, 2.45) is 0 Å². The van der Waals surface area contributed by atoms with E-state index in [0.717, 1.165) is 5.56 Å². The van der Waals surface area contributed by atoms with E-state index < -0.39 is 5.97 Å². The molecule has 0 aliphatic heterocycles. The van der Waals surface area contributed by atoms with E-state index >= 15 is 0 Å². The van der Waals surface area contributed by atoms with E-state index in [1.54, 1.807) is 17.1 Å². The van der Waals surface area contributed by atoms with Gasteiger partial charge in [-0.2, -0.15) is 5.10 Å². The van der Waals surface area contributed by atoms with Gasteiger partial charge in [0, 0.05) is 5.02 Å². The lowest BCUT2D eigenvalue weighted by molar-refractivity contribution is 0.0697. The van der Waals surface area contributed by atoms with Crippen LogP contribution in [0.2, 0.25) is 5.02 Å². The summed E-state index contributed by atoms with van der Waals surface area (Å²) < 4.78 is 1.61. The summed E-state index contributed by atoms with van der Waals surface area (Å²) in [4.78, 5) is 14.5. The first-order valence-electron chi connectivity index (χ1n) is 4.51. The molecule has 2 aromatic rings. The number of rotatable bonds is 3. The summed E-state index contributed by atoms with van der Waals surface area (Å²) >= 11 is 5.97. The number of carboxylic acids is 1. The predicted molar refractivity (Wildman–Crippen MR) is 57.5 cm³/mol. The maximum absolute atomic E-state index is 10.7. The Balaban J connectivity index is 2.26. The van der Waals surface area contributed by atoms with Gasteiger partial charge in [0.25, 0.3) is 0 Å². The second kappa shape index (κ2) is 4.32. The molecule has 0 saturated heterocycles. The summed E-state index contributed by atoms with van der Waals surface area (Å²) in [6.45, 7) is 0.471. The minimum absolute atomic E-state index is 0.173. The fourth-order valence-corrected chi connectivity index (χ4v) is 1.54. The van der Waals surface area contributed by atoms with Crippen LogP contribution in [0, 0.1) is 0 Å². The molecule has 0 aliphatic carbocycles. The summed E-state index contributed by atoms with van der Waals surface area (Å²) in [7, 11) is 0. The van der Waals surface area contributed by atoms with Gasteiger partial charge in [-0.3, -0.25) is 0 Å². The second-order valence-electron chi connectivity index (χ2n) is 3.20. The van der Waals surface area contributed by atoms with Crippen molar-refractivity contribution in [1.29, 1.82) is 0 Å². The molecule has 2 rings (SSSR count). The molecule has 6 heteroatoms. The average Bonchev–Trinajstić information content (AvgIpc) is 2.73. The zero-order valence-corrected chi connectivity index (χ0v) is 8.92. The summed E-state index contributed by atoms with van der Waals surface area (Å²) in [6.07, 6.45) is 3.00. The highest BCUT2D eigenvalue weighted by Crippen LogP contribution is 2.18. The van der Waals surface area contributed by atoms with E-state index in [2.05, 4.69) is 10.1 Å². The van der Waals surface area contributed by atoms with Crippen molar-refractivity contribution in [1.82, 2.24) is 14.8 Å². The van der Waals surface area contributed by atoms with Crippen LogP contribution in [0.3, 0.4) is 0 Å². The van der Waals surface area contributed by atoms with Crippen LogP contribution >= 0.6 is 11.6 Å². The molecule has 0 fully saturated rings. The Hall–Kier alpha value is -1.88. The highest BCUT2D eigenvalue weighted by molar-refractivity contribution is 6.31. The number of carboxylic acid groups (broad SMARTS) is 1. The molecule has 0 atom stereocenters. The smallest absolute Gasteiger partial charge is 0.335 e. The number of carbonyl (C=O) groups is 1. The molecule has 0 spiro atoms. The molecule has 0 amide bonds. The topological polar surface area (TPSA) is 68.0 Å². The number of aromatic nitrogens is 3. The van der Waals surface area contributed by atoms with Crippen molar-refractivity contribution in [3.8, 4) is 0 Å². The lowest BCUT2D eigenvalue weighted by Gasteiger charge is -2.04. The number of aromatic carboxylic acids is 1. The van der Waals surface area contributed by atoms with Crippen molar-refractivity contribution in [3.05, 3.63) is 47.0 Å². The number of benzene rings is 1. The Morgan fingerprint density at radius 2 is 2.31 bits per heavy atom. The lowest BCUT2D eigenvalue weighted by atomic mass is 10.1. The minimum atomic E-state index is -0.991. The van der Waals surface area contributed by atoms with Gasteiger partial charge >= 0.3 is 5.97 Å². The van der Waals surface area contributed by atoms with Crippen LogP contribution in [0.4, 0.5) is 0 Å². The molecule has 0 bridgehead atoms. The van der Waals surface area contributed by atoms with Crippen LogP contribution in [0.5, 0.6) is 0 Å². The van der Waals surface area contributed by atoms with Gasteiger partial charge in [0.15, 0.2) is 0 Å². The van der Waals surface area contributed by atoms with Crippen molar-refractivity contribution < 1.29 is 9.90 Å². The molecular formula is C10H8ClN3O2.